The summed E-state index contributed by atoms with van der Waals surface area (Å²) in [5.74, 6) is 0.595. The second kappa shape index (κ2) is 8.49. The Labute approximate surface area is 187 Å². The normalized spacial score (nSPS) is 13.9. The number of allylic oxidation sites excluding steroid dienone is 3. The van der Waals surface area contributed by atoms with Crippen LogP contribution in [0, 0.1) is 6.92 Å². The maximum Gasteiger partial charge on any atom is 0.254 e. The zero-order valence-corrected chi connectivity index (χ0v) is 19.0. The van der Waals surface area contributed by atoms with Gasteiger partial charge >= 0.3 is 0 Å². The van der Waals surface area contributed by atoms with Crippen LogP contribution in [0.25, 0.3) is 16.5 Å². The number of nitrogens with one attached hydrogen (secondary N) is 1. The van der Waals surface area contributed by atoms with E-state index in [-0.39, 0.29) is 12.0 Å². The molecule has 7 nitrogen and oxygen atoms in total. The minimum Gasteiger partial charge on any atom is -0.490 e. The summed E-state index contributed by atoms with van der Waals surface area (Å²) in [6.07, 6.45) is 7.58. The first-order valence-electron chi connectivity index (χ1n) is 10.7. The third kappa shape index (κ3) is 4.37. The minimum absolute atomic E-state index is 0.128. The van der Waals surface area contributed by atoms with Crippen LogP contribution in [0.4, 0.5) is 0 Å². The number of fused-ring (bicyclic) bond motifs is 1. The number of rotatable bonds is 7. The molecule has 0 atom stereocenters. The monoisotopic (exact) mass is 433 g/mol. The molecule has 0 bridgehead atoms. The summed E-state index contributed by atoms with van der Waals surface area (Å²) in [6, 6.07) is 5.60. The third-order valence-corrected chi connectivity index (χ3v) is 5.66. The lowest BCUT2D eigenvalue weighted by molar-refractivity contribution is -0.908. The van der Waals surface area contributed by atoms with Gasteiger partial charge in [-0.1, -0.05) is 24.3 Å². The summed E-state index contributed by atoms with van der Waals surface area (Å²) in [7, 11) is 1.74. The van der Waals surface area contributed by atoms with Gasteiger partial charge in [0.15, 0.2) is 0 Å². The van der Waals surface area contributed by atoms with Crippen LogP contribution in [-0.2, 0) is 6.54 Å². The number of nitrogens with zero attached hydrogens (tertiary/aromatic N) is 3. The number of ether oxygens (including phenoxy) is 1. The molecule has 166 valence electrons. The molecule has 0 spiro atoms. The number of benzene rings is 1. The largest absolute Gasteiger partial charge is 0.490 e. The lowest BCUT2D eigenvalue weighted by atomic mass is 10.0. The molecule has 1 aliphatic carbocycles. The van der Waals surface area contributed by atoms with Gasteiger partial charge in [-0.3, -0.25) is 15.1 Å². The summed E-state index contributed by atoms with van der Waals surface area (Å²) in [5, 5.41) is 18.1. The van der Waals surface area contributed by atoms with Crippen molar-refractivity contribution in [3.05, 3.63) is 71.2 Å². The number of amides is 1. The fraction of sp³-hybridized carbons (Fsp3) is 0.320. The molecule has 0 aliphatic heterocycles. The quantitative estimate of drug-likeness (QED) is 0.333. The Hall–Kier alpha value is -3.61. The molecule has 1 amide bonds. The van der Waals surface area contributed by atoms with Gasteiger partial charge in [0, 0.05) is 29.8 Å². The number of aromatic nitrogens is 3. The van der Waals surface area contributed by atoms with Gasteiger partial charge in [0.1, 0.15) is 5.75 Å². The molecule has 2 N–H and O–H groups in total. The molecule has 0 radical (unpaired) electrons. The van der Waals surface area contributed by atoms with Gasteiger partial charge in [0.05, 0.1) is 35.3 Å². The third-order valence-electron chi connectivity index (χ3n) is 5.66. The topological polar surface area (TPSA) is 82.3 Å². The SMILES string of the molecule is C=C(C)/C=C(\C)c1ccc(C(=O)N(C)Cc2c[n+](O)c(C)c3cn[nH]c23)cc1OC1CC1. The zero-order valence-electron chi connectivity index (χ0n) is 19.0. The van der Waals surface area contributed by atoms with Crippen LogP contribution in [0.2, 0.25) is 0 Å². The maximum absolute atomic E-state index is 13.2. The van der Waals surface area contributed by atoms with E-state index in [1.54, 1.807) is 24.3 Å². The summed E-state index contributed by atoms with van der Waals surface area (Å²) in [6.45, 7) is 10.1. The van der Waals surface area contributed by atoms with Crippen LogP contribution in [0.15, 0.2) is 48.8 Å². The highest BCUT2D eigenvalue weighted by Gasteiger charge is 2.26. The molecule has 2 heterocycles. The van der Waals surface area contributed by atoms with Crippen molar-refractivity contribution in [3.8, 4) is 5.75 Å². The summed E-state index contributed by atoms with van der Waals surface area (Å²) >= 11 is 0. The van der Waals surface area contributed by atoms with E-state index in [0.717, 1.165) is 56.5 Å². The number of H-pyrrole nitrogens is 1. The number of carbonyl (C=O) groups excluding carboxylic acids is 1. The van der Waals surface area contributed by atoms with Crippen LogP contribution in [-0.4, -0.2) is 39.4 Å². The van der Waals surface area contributed by atoms with Gasteiger partial charge in [-0.05, 0) is 44.4 Å². The summed E-state index contributed by atoms with van der Waals surface area (Å²) in [4.78, 5) is 14.9. The van der Waals surface area contributed by atoms with E-state index < -0.39 is 0 Å². The van der Waals surface area contributed by atoms with Crippen molar-refractivity contribution >= 4 is 22.4 Å². The molecule has 7 heteroatoms. The number of pyridine rings is 1. The Morgan fingerprint density at radius 1 is 1.41 bits per heavy atom. The van der Waals surface area contributed by atoms with Crippen LogP contribution in [0.1, 0.15) is 53.9 Å². The van der Waals surface area contributed by atoms with Gasteiger partial charge in [0.25, 0.3) is 5.91 Å². The highest BCUT2D eigenvalue weighted by molar-refractivity contribution is 5.95. The second-order valence-electron chi connectivity index (χ2n) is 8.61. The molecule has 1 aromatic carbocycles. The van der Waals surface area contributed by atoms with Gasteiger partial charge in [-0.25, -0.2) is 0 Å². The van der Waals surface area contributed by atoms with Crippen LogP contribution in [0.3, 0.4) is 0 Å². The first-order valence-corrected chi connectivity index (χ1v) is 10.7. The molecule has 1 saturated carbocycles. The predicted molar refractivity (Wildman–Crippen MR) is 123 cm³/mol. The standard InChI is InChI=1S/C25H28N4O3/c1-15(2)10-16(3)21-9-6-18(11-23(21)32-20-7-8-20)25(30)28(5)13-19-14-29(31)17(4)22-12-26-27-24(19)22/h6,9-12,14,20,31H,1,7-8,13H2,2-5H3/p+1/b16-10+. The fourth-order valence-corrected chi connectivity index (χ4v) is 3.80. The highest BCUT2D eigenvalue weighted by Crippen LogP contribution is 2.34. The van der Waals surface area contributed by atoms with E-state index in [9.17, 15) is 10.0 Å². The number of carbonyl (C=O) groups is 1. The number of aryl methyl sites for hydroxylation is 1. The summed E-state index contributed by atoms with van der Waals surface area (Å²) in [5.41, 5.74) is 5.80. The Kier molecular flexibility index (Phi) is 5.74. The van der Waals surface area contributed by atoms with Crippen molar-refractivity contribution in [2.75, 3.05) is 7.05 Å². The van der Waals surface area contributed by atoms with Gasteiger partial charge in [-0.2, -0.15) is 5.10 Å². The van der Waals surface area contributed by atoms with Crippen molar-refractivity contribution in [2.24, 2.45) is 0 Å². The van der Waals surface area contributed by atoms with Crippen LogP contribution < -0.4 is 9.47 Å². The minimum atomic E-state index is -0.128. The lowest BCUT2D eigenvalue weighted by Gasteiger charge is -2.19. The molecule has 0 unspecified atom stereocenters. The molecule has 3 aromatic rings. The maximum atomic E-state index is 13.2. The van der Waals surface area contributed by atoms with Gasteiger partial charge < -0.3 is 9.64 Å². The predicted octanol–water partition coefficient (Wildman–Crippen LogP) is 4.19. The Morgan fingerprint density at radius 3 is 2.84 bits per heavy atom. The van der Waals surface area contributed by atoms with E-state index in [4.69, 9.17) is 4.74 Å². The van der Waals surface area contributed by atoms with Crippen LogP contribution in [0.5, 0.6) is 5.75 Å². The average Bonchev–Trinajstić information content (AvgIpc) is 3.41. The van der Waals surface area contributed by atoms with Crippen LogP contribution >= 0.6 is 0 Å². The molecule has 0 saturated heterocycles. The molecular weight excluding hydrogens is 404 g/mol. The van der Waals surface area contributed by atoms with E-state index in [2.05, 4.69) is 16.8 Å². The Bertz CT molecular complexity index is 1240. The Morgan fingerprint density at radius 2 is 2.16 bits per heavy atom. The average molecular weight is 434 g/mol. The van der Waals surface area contributed by atoms with E-state index >= 15 is 0 Å². The van der Waals surface area contributed by atoms with Crippen molar-refractivity contribution in [1.29, 1.82) is 0 Å². The molecule has 1 fully saturated rings. The van der Waals surface area contributed by atoms with Crippen molar-refractivity contribution in [3.63, 3.8) is 0 Å². The number of hydrogen-bond acceptors (Lipinski definition) is 4. The zero-order chi connectivity index (χ0) is 23.0. The first kappa shape index (κ1) is 21.6. The summed E-state index contributed by atoms with van der Waals surface area (Å²) < 4.78 is 7.20. The smallest absolute Gasteiger partial charge is 0.254 e. The Balaban J connectivity index is 1.62. The van der Waals surface area contributed by atoms with Gasteiger partial charge in [0.2, 0.25) is 11.9 Å². The van der Waals surface area contributed by atoms with Crippen molar-refractivity contribution in [1.82, 2.24) is 15.1 Å². The second-order valence-corrected chi connectivity index (χ2v) is 8.61. The van der Waals surface area contributed by atoms with Crippen molar-refractivity contribution in [2.45, 2.75) is 46.3 Å². The highest BCUT2D eigenvalue weighted by atomic mass is 16.5. The van der Waals surface area contributed by atoms with Gasteiger partial charge in [-0.15, -0.1) is 0 Å². The molecule has 32 heavy (non-hydrogen) atoms. The first-order chi connectivity index (χ1) is 15.2. The molecule has 2 aromatic heterocycles. The lowest BCUT2D eigenvalue weighted by Crippen LogP contribution is -2.35. The number of aromatic amines is 1. The van der Waals surface area contributed by atoms with E-state index in [0.29, 0.717) is 17.8 Å². The molecular formula is C25H29N4O3+. The number of hydrogen-bond donors (Lipinski definition) is 2. The molecule has 4 rings (SSSR count). The molecule has 1 aliphatic rings. The fourth-order valence-electron chi connectivity index (χ4n) is 3.80. The van der Waals surface area contributed by atoms with Crippen molar-refractivity contribution < 1.29 is 19.5 Å². The van der Waals surface area contributed by atoms with E-state index in [1.165, 1.54) is 0 Å². The van der Waals surface area contributed by atoms with E-state index in [1.807, 2.05) is 45.0 Å².